The molecule has 1 saturated heterocycles. The Labute approximate surface area is 121 Å². The highest BCUT2D eigenvalue weighted by Crippen LogP contribution is 2.34. The third-order valence-corrected chi connectivity index (χ3v) is 5.06. The van der Waals surface area contributed by atoms with Crippen molar-refractivity contribution in [1.82, 2.24) is 4.90 Å². The van der Waals surface area contributed by atoms with Crippen LogP contribution in [0.4, 0.5) is 10.5 Å². The number of para-hydroxylation sites is 1. The van der Waals surface area contributed by atoms with Gasteiger partial charge in [-0.1, -0.05) is 18.2 Å². The van der Waals surface area contributed by atoms with Crippen molar-refractivity contribution in [3.8, 4) is 0 Å². The van der Waals surface area contributed by atoms with Gasteiger partial charge < -0.3 is 5.11 Å². The molecule has 2 aliphatic heterocycles. The summed E-state index contributed by atoms with van der Waals surface area (Å²) in [6.45, 7) is 2.51. The predicted molar refractivity (Wildman–Crippen MR) is 78.1 cm³/mol. The van der Waals surface area contributed by atoms with Gasteiger partial charge in [-0.05, 0) is 25.0 Å². The van der Waals surface area contributed by atoms with Crippen LogP contribution in [0, 0.1) is 0 Å². The number of carboxylic acid groups (broad SMARTS) is 1. The van der Waals surface area contributed by atoms with E-state index >= 15 is 0 Å². The van der Waals surface area contributed by atoms with E-state index in [9.17, 15) is 14.7 Å². The highest BCUT2D eigenvalue weighted by atomic mass is 32.2. The quantitative estimate of drug-likeness (QED) is 0.860. The monoisotopic (exact) mass is 292 g/mol. The molecule has 0 saturated carbocycles. The summed E-state index contributed by atoms with van der Waals surface area (Å²) in [4.78, 5) is 27.2. The summed E-state index contributed by atoms with van der Waals surface area (Å²) < 4.78 is 0. The van der Waals surface area contributed by atoms with E-state index in [1.807, 2.05) is 31.2 Å². The topological polar surface area (TPSA) is 60.9 Å². The molecule has 0 spiro atoms. The highest BCUT2D eigenvalue weighted by molar-refractivity contribution is 8.00. The molecule has 2 atom stereocenters. The Bertz CT molecular complexity index is 563. The van der Waals surface area contributed by atoms with Gasteiger partial charge in [-0.2, -0.15) is 0 Å². The Hall–Kier alpha value is -1.69. The third-order valence-electron chi connectivity index (χ3n) is 3.85. The van der Waals surface area contributed by atoms with Crippen molar-refractivity contribution < 1.29 is 14.7 Å². The Morgan fingerprint density at radius 2 is 2.10 bits per heavy atom. The number of nitrogens with zero attached hydrogens (tertiary/aromatic N) is 2. The molecule has 1 fully saturated rings. The van der Waals surface area contributed by atoms with Gasteiger partial charge in [-0.3, -0.25) is 9.80 Å². The first-order valence-electron chi connectivity index (χ1n) is 6.61. The summed E-state index contributed by atoms with van der Waals surface area (Å²) in [6.07, 6.45) is 0.828. The fourth-order valence-electron chi connectivity index (χ4n) is 2.80. The molecule has 2 aliphatic rings. The predicted octanol–water partition coefficient (Wildman–Crippen LogP) is 2.02. The zero-order valence-corrected chi connectivity index (χ0v) is 12.0. The summed E-state index contributed by atoms with van der Waals surface area (Å²) in [7, 11) is 0. The van der Waals surface area contributed by atoms with Crippen LogP contribution in [0.1, 0.15) is 12.5 Å². The number of hydrogen-bond acceptors (Lipinski definition) is 3. The maximum atomic E-state index is 12.7. The lowest BCUT2D eigenvalue weighted by Crippen LogP contribution is -2.50. The second-order valence-electron chi connectivity index (χ2n) is 5.01. The molecule has 2 amide bonds. The maximum Gasteiger partial charge on any atom is 0.327 e. The molecule has 2 heterocycles. The molecule has 0 aromatic heterocycles. The number of carbonyl (C=O) groups excluding carboxylic acids is 1. The van der Waals surface area contributed by atoms with Gasteiger partial charge in [0.05, 0.1) is 5.37 Å². The summed E-state index contributed by atoms with van der Waals surface area (Å²) in [5, 5.41) is 9.16. The van der Waals surface area contributed by atoms with E-state index in [4.69, 9.17) is 0 Å². The number of fused-ring (bicyclic) bond motifs is 1. The van der Waals surface area contributed by atoms with E-state index in [1.54, 1.807) is 4.90 Å². The molecule has 106 valence electrons. The fraction of sp³-hybridized carbons (Fsp3) is 0.429. The van der Waals surface area contributed by atoms with Crippen LogP contribution in [-0.2, 0) is 11.2 Å². The number of benzene rings is 1. The number of thioether (sulfide) groups is 1. The van der Waals surface area contributed by atoms with Crippen molar-refractivity contribution in [2.45, 2.75) is 24.8 Å². The van der Waals surface area contributed by atoms with E-state index < -0.39 is 12.0 Å². The van der Waals surface area contributed by atoms with Crippen molar-refractivity contribution in [2.24, 2.45) is 0 Å². The Kier molecular flexibility index (Phi) is 3.33. The molecule has 20 heavy (non-hydrogen) atoms. The lowest BCUT2D eigenvalue weighted by atomic mass is 10.2. The number of urea groups is 1. The molecule has 1 aromatic rings. The van der Waals surface area contributed by atoms with E-state index in [0.29, 0.717) is 12.3 Å². The molecule has 5 nitrogen and oxygen atoms in total. The Morgan fingerprint density at radius 3 is 2.85 bits per heavy atom. The number of hydrogen-bond donors (Lipinski definition) is 1. The summed E-state index contributed by atoms with van der Waals surface area (Å²) in [6, 6.07) is 6.88. The summed E-state index contributed by atoms with van der Waals surface area (Å²) in [5.74, 6) is -0.472. The normalized spacial score (nSPS) is 24.9. The van der Waals surface area contributed by atoms with Crippen LogP contribution < -0.4 is 4.90 Å². The number of rotatable bonds is 1. The second kappa shape index (κ2) is 5.01. The standard InChI is InChI=1S/C14H16N2O3S/c1-9-16(12(8-20-9)13(17)18)14(19)15-7-6-10-4-2-3-5-11(10)15/h2-5,9,12H,6-8H2,1H3,(H,17,18). The average Bonchev–Trinajstić information content (AvgIpc) is 3.01. The smallest absolute Gasteiger partial charge is 0.327 e. The molecular formula is C14H16N2O3S. The van der Waals surface area contributed by atoms with Crippen LogP contribution in [-0.4, -0.2) is 45.7 Å². The largest absolute Gasteiger partial charge is 0.480 e. The van der Waals surface area contributed by atoms with Gasteiger partial charge in [0.1, 0.15) is 6.04 Å². The number of carbonyl (C=O) groups is 2. The maximum absolute atomic E-state index is 12.7. The first-order valence-corrected chi connectivity index (χ1v) is 7.66. The number of carboxylic acids is 1. The molecule has 6 heteroatoms. The van der Waals surface area contributed by atoms with Crippen molar-refractivity contribution in [2.75, 3.05) is 17.2 Å². The van der Waals surface area contributed by atoms with Crippen LogP contribution in [0.2, 0.25) is 0 Å². The zero-order valence-electron chi connectivity index (χ0n) is 11.2. The molecule has 3 rings (SSSR count). The van der Waals surface area contributed by atoms with Gasteiger partial charge in [-0.25, -0.2) is 9.59 Å². The fourth-order valence-corrected chi connectivity index (χ4v) is 3.96. The van der Waals surface area contributed by atoms with E-state index in [0.717, 1.165) is 17.7 Å². The van der Waals surface area contributed by atoms with Crippen molar-refractivity contribution in [1.29, 1.82) is 0 Å². The van der Waals surface area contributed by atoms with Crippen molar-refractivity contribution in [3.63, 3.8) is 0 Å². The third kappa shape index (κ3) is 2.04. The molecule has 0 bridgehead atoms. The minimum Gasteiger partial charge on any atom is -0.480 e. The first-order chi connectivity index (χ1) is 9.59. The van der Waals surface area contributed by atoms with Gasteiger partial charge in [0.25, 0.3) is 0 Å². The van der Waals surface area contributed by atoms with Gasteiger partial charge in [0.15, 0.2) is 0 Å². The van der Waals surface area contributed by atoms with E-state index in [1.165, 1.54) is 16.7 Å². The molecule has 1 N–H and O–H groups in total. The zero-order chi connectivity index (χ0) is 14.3. The minimum atomic E-state index is -0.928. The second-order valence-corrected chi connectivity index (χ2v) is 6.36. The van der Waals surface area contributed by atoms with Crippen LogP contribution in [0.5, 0.6) is 0 Å². The van der Waals surface area contributed by atoms with Crippen LogP contribution in [0.3, 0.4) is 0 Å². The number of anilines is 1. The van der Waals surface area contributed by atoms with E-state index in [2.05, 4.69) is 0 Å². The van der Waals surface area contributed by atoms with Crippen LogP contribution in [0.15, 0.2) is 24.3 Å². The summed E-state index contributed by atoms with van der Waals surface area (Å²) in [5.41, 5.74) is 2.05. The average molecular weight is 292 g/mol. The van der Waals surface area contributed by atoms with Crippen LogP contribution >= 0.6 is 11.8 Å². The first kappa shape index (κ1) is 13.3. The molecule has 0 radical (unpaired) electrons. The SMILES string of the molecule is CC1SCC(C(=O)O)N1C(=O)N1CCc2ccccc21. The van der Waals surface area contributed by atoms with Gasteiger partial charge in [-0.15, -0.1) is 11.8 Å². The molecule has 2 unspecified atom stereocenters. The summed E-state index contributed by atoms with van der Waals surface area (Å²) >= 11 is 1.51. The van der Waals surface area contributed by atoms with Gasteiger partial charge in [0.2, 0.25) is 0 Å². The van der Waals surface area contributed by atoms with Crippen LogP contribution in [0.25, 0.3) is 0 Å². The van der Waals surface area contributed by atoms with Crippen molar-refractivity contribution in [3.05, 3.63) is 29.8 Å². The van der Waals surface area contributed by atoms with Crippen molar-refractivity contribution >= 4 is 29.4 Å². The Morgan fingerprint density at radius 1 is 1.35 bits per heavy atom. The number of aliphatic carboxylic acids is 1. The minimum absolute atomic E-state index is 0.101. The van der Waals surface area contributed by atoms with Gasteiger partial charge >= 0.3 is 12.0 Å². The lowest BCUT2D eigenvalue weighted by molar-refractivity contribution is -0.141. The molecular weight excluding hydrogens is 276 g/mol. The van der Waals surface area contributed by atoms with E-state index in [-0.39, 0.29) is 11.4 Å². The lowest BCUT2D eigenvalue weighted by Gasteiger charge is -2.30. The highest BCUT2D eigenvalue weighted by Gasteiger charge is 2.42. The number of amides is 2. The molecule has 0 aliphatic carbocycles. The Balaban J connectivity index is 1.88. The van der Waals surface area contributed by atoms with Gasteiger partial charge in [0, 0.05) is 18.0 Å². The molecule has 1 aromatic carbocycles.